The molecule has 2 N–H and O–H groups in total. The monoisotopic (exact) mass is 208 g/mol. The van der Waals surface area contributed by atoms with Crippen molar-refractivity contribution in [1.29, 1.82) is 0 Å². The number of piperidine rings is 1. The fourth-order valence-electron chi connectivity index (χ4n) is 1.73. The van der Waals surface area contributed by atoms with Crippen LogP contribution in [0.4, 0.5) is 10.6 Å². The third-order valence-electron chi connectivity index (χ3n) is 2.81. The topological polar surface area (TPSA) is 61.0 Å². The zero-order chi connectivity index (χ0) is 10.7. The highest BCUT2D eigenvalue weighted by atomic mass is 16.2. The minimum absolute atomic E-state index is 0.0360. The van der Waals surface area contributed by atoms with Gasteiger partial charge in [0.2, 0.25) is 0 Å². The number of hydrogen-bond acceptors (Lipinski definition) is 2. The van der Waals surface area contributed by atoms with Crippen molar-refractivity contribution in [3.63, 3.8) is 0 Å². The molecule has 0 unspecified atom stereocenters. The van der Waals surface area contributed by atoms with E-state index < -0.39 is 0 Å². The molecule has 0 spiro atoms. The maximum Gasteiger partial charge on any atom is 0.322 e. The van der Waals surface area contributed by atoms with Gasteiger partial charge in [0.05, 0.1) is 6.20 Å². The fourth-order valence-corrected chi connectivity index (χ4v) is 1.73. The zero-order valence-electron chi connectivity index (χ0n) is 8.86. The van der Waals surface area contributed by atoms with E-state index in [1.807, 2.05) is 4.90 Å². The number of carbonyl (C=O) groups excluding carboxylic acids is 1. The van der Waals surface area contributed by atoms with Gasteiger partial charge in [-0.15, -0.1) is 0 Å². The van der Waals surface area contributed by atoms with Gasteiger partial charge in [-0.05, 0) is 18.8 Å². The number of nitrogens with zero attached hydrogens (tertiary/aromatic N) is 2. The van der Waals surface area contributed by atoms with E-state index in [0.717, 1.165) is 31.8 Å². The largest absolute Gasteiger partial charge is 0.324 e. The summed E-state index contributed by atoms with van der Waals surface area (Å²) in [5.41, 5.74) is 0. The van der Waals surface area contributed by atoms with Gasteiger partial charge in [0.25, 0.3) is 0 Å². The van der Waals surface area contributed by atoms with Crippen molar-refractivity contribution in [2.24, 2.45) is 5.92 Å². The summed E-state index contributed by atoms with van der Waals surface area (Å²) in [5.74, 6) is 1.39. The summed E-state index contributed by atoms with van der Waals surface area (Å²) in [5, 5.41) is 9.26. The Bertz CT molecular complexity index is 314. The predicted octanol–water partition coefficient (Wildman–Crippen LogP) is 1.67. The van der Waals surface area contributed by atoms with Crippen LogP contribution in [0.5, 0.6) is 0 Å². The lowest BCUT2D eigenvalue weighted by atomic mass is 10.00. The van der Waals surface area contributed by atoms with Gasteiger partial charge in [0.1, 0.15) is 5.82 Å². The molecule has 1 aromatic rings. The second kappa shape index (κ2) is 4.33. The average Bonchev–Trinajstić information content (AvgIpc) is 2.71. The standard InChI is InChI=1S/C10H16N4O/c1-8-3-6-14(7-4-8)10(15)12-9-2-5-11-13-9/h2,5,8H,3-4,6-7H2,1H3,(H2,11,12,13,15). The SMILES string of the molecule is CC1CCN(C(=O)Nc2ccn[nH]2)CC1. The van der Waals surface area contributed by atoms with Crippen LogP contribution in [0.25, 0.3) is 0 Å². The second-order valence-corrected chi connectivity index (χ2v) is 4.07. The van der Waals surface area contributed by atoms with E-state index in [1.165, 1.54) is 0 Å². The number of nitrogens with one attached hydrogen (secondary N) is 2. The van der Waals surface area contributed by atoms with E-state index in [0.29, 0.717) is 5.82 Å². The van der Waals surface area contributed by atoms with E-state index in [9.17, 15) is 4.79 Å². The molecule has 1 aliphatic heterocycles. The zero-order valence-corrected chi connectivity index (χ0v) is 8.86. The van der Waals surface area contributed by atoms with Crippen LogP contribution in [0.1, 0.15) is 19.8 Å². The number of anilines is 1. The van der Waals surface area contributed by atoms with Crippen LogP contribution in [0.2, 0.25) is 0 Å². The molecule has 2 amide bonds. The number of aromatic amines is 1. The van der Waals surface area contributed by atoms with Crippen LogP contribution in [-0.2, 0) is 0 Å². The number of aromatic nitrogens is 2. The summed E-state index contributed by atoms with van der Waals surface area (Å²) < 4.78 is 0. The quantitative estimate of drug-likeness (QED) is 0.737. The van der Waals surface area contributed by atoms with Gasteiger partial charge in [-0.2, -0.15) is 5.10 Å². The van der Waals surface area contributed by atoms with Gasteiger partial charge in [-0.3, -0.25) is 10.4 Å². The third kappa shape index (κ3) is 2.49. The first-order valence-corrected chi connectivity index (χ1v) is 5.31. The molecular formula is C10H16N4O. The first-order valence-electron chi connectivity index (χ1n) is 5.31. The highest BCUT2D eigenvalue weighted by Crippen LogP contribution is 2.16. The van der Waals surface area contributed by atoms with Crippen molar-refractivity contribution >= 4 is 11.8 Å². The molecule has 5 heteroatoms. The van der Waals surface area contributed by atoms with Crippen LogP contribution in [-0.4, -0.2) is 34.2 Å². The van der Waals surface area contributed by atoms with Crippen molar-refractivity contribution in [3.05, 3.63) is 12.3 Å². The predicted molar refractivity (Wildman–Crippen MR) is 57.6 cm³/mol. The minimum atomic E-state index is -0.0360. The molecular weight excluding hydrogens is 192 g/mol. The summed E-state index contributed by atoms with van der Waals surface area (Å²) >= 11 is 0. The normalized spacial score (nSPS) is 17.8. The molecule has 1 fully saturated rings. The summed E-state index contributed by atoms with van der Waals surface area (Å²) in [4.78, 5) is 13.6. The molecule has 0 aliphatic carbocycles. The van der Waals surface area contributed by atoms with Gasteiger partial charge in [-0.1, -0.05) is 6.92 Å². The Hall–Kier alpha value is -1.52. The minimum Gasteiger partial charge on any atom is -0.324 e. The van der Waals surface area contributed by atoms with E-state index in [1.54, 1.807) is 12.3 Å². The van der Waals surface area contributed by atoms with Gasteiger partial charge < -0.3 is 4.90 Å². The molecule has 15 heavy (non-hydrogen) atoms. The van der Waals surface area contributed by atoms with Crippen LogP contribution in [0.3, 0.4) is 0 Å². The smallest absolute Gasteiger partial charge is 0.322 e. The van der Waals surface area contributed by atoms with E-state index in [4.69, 9.17) is 0 Å². The number of urea groups is 1. The highest BCUT2D eigenvalue weighted by molar-refractivity contribution is 5.88. The molecule has 1 saturated heterocycles. The van der Waals surface area contributed by atoms with Crippen molar-refractivity contribution < 1.29 is 4.79 Å². The molecule has 2 rings (SSSR count). The Kier molecular flexibility index (Phi) is 2.89. The fraction of sp³-hybridized carbons (Fsp3) is 0.600. The molecule has 0 radical (unpaired) electrons. The molecule has 1 aliphatic rings. The number of amides is 2. The number of hydrogen-bond donors (Lipinski definition) is 2. The van der Waals surface area contributed by atoms with Gasteiger partial charge in [0.15, 0.2) is 0 Å². The van der Waals surface area contributed by atoms with Crippen LogP contribution < -0.4 is 5.32 Å². The highest BCUT2D eigenvalue weighted by Gasteiger charge is 2.20. The Balaban J connectivity index is 1.86. The Morgan fingerprint density at radius 3 is 2.93 bits per heavy atom. The average molecular weight is 208 g/mol. The maximum absolute atomic E-state index is 11.7. The van der Waals surface area contributed by atoms with Crippen LogP contribution in [0, 0.1) is 5.92 Å². The second-order valence-electron chi connectivity index (χ2n) is 4.07. The van der Waals surface area contributed by atoms with Crippen molar-refractivity contribution in [2.45, 2.75) is 19.8 Å². The number of rotatable bonds is 1. The molecule has 2 heterocycles. The Morgan fingerprint density at radius 2 is 2.33 bits per heavy atom. The first-order chi connectivity index (χ1) is 7.25. The Labute approximate surface area is 88.8 Å². The lowest BCUT2D eigenvalue weighted by Gasteiger charge is -2.30. The molecule has 5 nitrogen and oxygen atoms in total. The molecule has 0 saturated carbocycles. The summed E-state index contributed by atoms with van der Waals surface area (Å²) in [7, 11) is 0. The maximum atomic E-state index is 11.7. The number of carbonyl (C=O) groups is 1. The molecule has 0 bridgehead atoms. The van der Waals surface area contributed by atoms with Crippen molar-refractivity contribution in [1.82, 2.24) is 15.1 Å². The summed E-state index contributed by atoms with van der Waals surface area (Å²) in [6.45, 7) is 3.92. The van der Waals surface area contributed by atoms with Crippen LogP contribution >= 0.6 is 0 Å². The first kappa shape index (κ1) is 10.0. The van der Waals surface area contributed by atoms with Crippen LogP contribution in [0.15, 0.2) is 12.3 Å². The van der Waals surface area contributed by atoms with Gasteiger partial charge in [0, 0.05) is 19.2 Å². The third-order valence-corrected chi connectivity index (χ3v) is 2.81. The lowest BCUT2D eigenvalue weighted by Crippen LogP contribution is -2.40. The number of H-pyrrole nitrogens is 1. The number of likely N-dealkylation sites (tertiary alicyclic amines) is 1. The van der Waals surface area contributed by atoms with Gasteiger partial charge >= 0.3 is 6.03 Å². The molecule has 0 aromatic carbocycles. The van der Waals surface area contributed by atoms with Crippen molar-refractivity contribution in [2.75, 3.05) is 18.4 Å². The van der Waals surface area contributed by atoms with Gasteiger partial charge in [-0.25, -0.2) is 4.79 Å². The van der Waals surface area contributed by atoms with Crippen molar-refractivity contribution in [3.8, 4) is 0 Å². The lowest BCUT2D eigenvalue weighted by molar-refractivity contribution is 0.186. The van der Waals surface area contributed by atoms with E-state index >= 15 is 0 Å². The summed E-state index contributed by atoms with van der Waals surface area (Å²) in [6.07, 6.45) is 3.81. The Morgan fingerprint density at radius 1 is 1.60 bits per heavy atom. The van der Waals surface area contributed by atoms with E-state index in [-0.39, 0.29) is 6.03 Å². The van der Waals surface area contributed by atoms with E-state index in [2.05, 4.69) is 22.4 Å². The molecule has 82 valence electrons. The molecule has 1 aromatic heterocycles. The summed E-state index contributed by atoms with van der Waals surface area (Å²) in [6, 6.07) is 1.70. The molecule has 0 atom stereocenters.